The third-order valence-electron chi connectivity index (χ3n) is 8.60. The van der Waals surface area contributed by atoms with Crippen LogP contribution in [0.2, 0.25) is 0 Å². The summed E-state index contributed by atoms with van der Waals surface area (Å²) in [7, 11) is 4.38. The summed E-state index contributed by atoms with van der Waals surface area (Å²) in [5.74, 6) is 2.07. The zero-order valence-corrected chi connectivity index (χ0v) is 26.9. The molecule has 0 aromatic heterocycles. The van der Waals surface area contributed by atoms with E-state index in [9.17, 15) is 0 Å². The molecule has 0 radical (unpaired) electrons. The lowest BCUT2D eigenvalue weighted by molar-refractivity contribution is 0.302. The Kier molecular flexibility index (Phi) is 14.5. The minimum Gasteiger partial charge on any atom is -0.493 e. The van der Waals surface area contributed by atoms with Crippen molar-refractivity contribution in [2.75, 3.05) is 27.3 Å². The molecule has 0 unspecified atom stereocenters. The van der Waals surface area contributed by atoms with Gasteiger partial charge in [-0.25, -0.2) is 0 Å². The molecule has 2 aromatic rings. The standard InChI is InChI=1S/C36H58BNO2/c1-7-9-11-13-15-17-19-21-23-39-35-27-31-32-28-36(40-24-22-20-18-16-14-12-10-8-2)30(4)26-34(32)37(38(5)6)33(31)25-29(35)3/h25-28H,7-24H2,1-6H3. The Morgan fingerprint density at radius 3 is 1.23 bits per heavy atom. The maximum Gasteiger partial charge on any atom is 0.293 e. The average molecular weight is 548 g/mol. The highest BCUT2D eigenvalue weighted by Gasteiger charge is 2.36. The molecule has 4 heteroatoms. The Labute approximate surface area is 247 Å². The average Bonchev–Trinajstić information content (AvgIpc) is 3.23. The number of nitrogens with zero attached hydrogens (tertiary/aromatic N) is 1. The van der Waals surface area contributed by atoms with E-state index in [4.69, 9.17) is 9.47 Å². The number of benzene rings is 2. The van der Waals surface area contributed by atoms with Gasteiger partial charge in [0.15, 0.2) is 0 Å². The number of hydrogen-bond donors (Lipinski definition) is 0. The molecule has 0 atom stereocenters. The van der Waals surface area contributed by atoms with Crippen molar-refractivity contribution in [3.8, 4) is 22.6 Å². The number of unbranched alkanes of at least 4 members (excludes halogenated alkanes) is 14. The number of aryl methyl sites for hydroxylation is 2. The molecule has 0 saturated carbocycles. The van der Waals surface area contributed by atoms with Crippen LogP contribution in [0.3, 0.4) is 0 Å². The van der Waals surface area contributed by atoms with E-state index < -0.39 is 0 Å². The summed E-state index contributed by atoms with van der Waals surface area (Å²) in [5, 5.41) is 0. The summed E-state index contributed by atoms with van der Waals surface area (Å²) < 4.78 is 12.7. The minimum atomic E-state index is 0.269. The van der Waals surface area contributed by atoms with Gasteiger partial charge in [-0.1, -0.05) is 116 Å². The maximum atomic E-state index is 6.36. The Bertz CT molecular complexity index is 941. The van der Waals surface area contributed by atoms with E-state index in [2.05, 4.69) is 70.9 Å². The fraction of sp³-hybridized carbons (Fsp3) is 0.667. The molecule has 3 rings (SSSR count). The quantitative estimate of drug-likeness (QED) is 0.115. The first-order valence-electron chi connectivity index (χ1n) is 16.7. The van der Waals surface area contributed by atoms with Gasteiger partial charge in [-0.15, -0.1) is 0 Å². The van der Waals surface area contributed by atoms with Gasteiger partial charge in [0.1, 0.15) is 11.5 Å². The van der Waals surface area contributed by atoms with Gasteiger partial charge in [0, 0.05) is 0 Å². The summed E-state index contributed by atoms with van der Waals surface area (Å²) in [5.41, 5.74) is 7.86. The molecule has 0 spiro atoms. The van der Waals surface area contributed by atoms with Crippen LogP contribution in [0, 0.1) is 13.8 Å². The summed E-state index contributed by atoms with van der Waals surface area (Å²) in [6.45, 7) is 10.8. The zero-order chi connectivity index (χ0) is 28.7. The predicted molar refractivity (Wildman–Crippen MR) is 176 cm³/mol. The van der Waals surface area contributed by atoms with E-state index in [-0.39, 0.29) is 6.85 Å². The zero-order valence-electron chi connectivity index (χ0n) is 26.9. The number of fused-ring (bicyclic) bond motifs is 3. The van der Waals surface area contributed by atoms with Crippen LogP contribution < -0.4 is 20.4 Å². The van der Waals surface area contributed by atoms with Crippen molar-refractivity contribution < 1.29 is 9.47 Å². The first-order valence-corrected chi connectivity index (χ1v) is 16.7. The van der Waals surface area contributed by atoms with Crippen LogP contribution in [0.1, 0.15) is 128 Å². The van der Waals surface area contributed by atoms with Crippen LogP contribution in [0.25, 0.3) is 11.1 Å². The summed E-state index contributed by atoms with van der Waals surface area (Å²) >= 11 is 0. The van der Waals surface area contributed by atoms with Crippen molar-refractivity contribution in [2.45, 2.75) is 130 Å². The smallest absolute Gasteiger partial charge is 0.293 e. The van der Waals surface area contributed by atoms with Crippen molar-refractivity contribution in [1.29, 1.82) is 0 Å². The Morgan fingerprint density at radius 2 is 0.875 bits per heavy atom. The maximum absolute atomic E-state index is 6.36. The third-order valence-corrected chi connectivity index (χ3v) is 8.60. The topological polar surface area (TPSA) is 21.7 Å². The second kappa shape index (κ2) is 17.8. The highest BCUT2D eigenvalue weighted by molar-refractivity contribution is 6.87. The lowest BCUT2D eigenvalue weighted by atomic mass is 9.52. The van der Waals surface area contributed by atoms with Gasteiger partial charge >= 0.3 is 0 Å². The molecular formula is C36H58BNO2. The number of ether oxygens (including phenoxy) is 2. The van der Waals surface area contributed by atoms with Crippen molar-refractivity contribution in [1.82, 2.24) is 4.81 Å². The normalized spacial score (nSPS) is 12.2. The fourth-order valence-corrected chi connectivity index (χ4v) is 6.21. The van der Waals surface area contributed by atoms with Crippen molar-refractivity contribution in [3.05, 3.63) is 35.4 Å². The second-order valence-electron chi connectivity index (χ2n) is 12.4. The van der Waals surface area contributed by atoms with Crippen LogP contribution in [0.5, 0.6) is 11.5 Å². The molecule has 0 fully saturated rings. The first kappa shape index (κ1) is 32.6. The van der Waals surface area contributed by atoms with Crippen molar-refractivity contribution in [2.24, 2.45) is 0 Å². The monoisotopic (exact) mass is 547 g/mol. The van der Waals surface area contributed by atoms with Gasteiger partial charge in [-0.2, -0.15) is 0 Å². The van der Waals surface area contributed by atoms with E-state index >= 15 is 0 Å². The van der Waals surface area contributed by atoms with Gasteiger partial charge in [0.05, 0.1) is 13.2 Å². The Hall–Kier alpha value is -1.94. The van der Waals surface area contributed by atoms with Crippen LogP contribution in [-0.4, -0.2) is 39.0 Å². The molecule has 3 nitrogen and oxygen atoms in total. The van der Waals surface area contributed by atoms with Gasteiger partial charge < -0.3 is 14.3 Å². The van der Waals surface area contributed by atoms with Crippen LogP contribution in [-0.2, 0) is 0 Å². The lowest BCUT2D eigenvalue weighted by Gasteiger charge is -2.19. The summed E-state index contributed by atoms with van der Waals surface area (Å²) in [4.78, 5) is 2.34. The molecule has 1 aliphatic rings. The molecule has 222 valence electrons. The largest absolute Gasteiger partial charge is 0.493 e. The van der Waals surface area contributed by atoms with E-state index in [1.807, 2.05) is 0 Å². The summed E-state index contributed by atoms with van der Waals surface area (Å²) in [6.07, 6.45) is 21.1. The molecule has 0 amide bonds. The molecular weight excluding hydrogens is 489 g/mol. The molecule has 1 heterocycles. The molecule has 1 aliphatic heterocycles. The minimum absolute atomic E-state index is 0.269. The van der Waals surface area contributed by atoms with Gasteiger partial charge in [0.25, 0.3) is 6.85 Å². The molecule has 0 aliphatic carbocycles. The van der Waals surface area contributed by atoms with Gasteiger partial charge in [-0.05, 0) is 86.1 Å². The van der Waals surface area contributed by atoms with E-state index in [1.165, 1.54) is 123 Å². The molecule has 0 saturated heterocycles. The van der Waals surface area contributed by atoms with Crippen LogP contribution >= 0.6 is 0 Å². The summed E-state index contributed by atoms with van der Waals surface area (Å²) in [6, 6.07) is 9.32. The van der Waals surface area contributed by atoms with E-state index in [1.54, 1.807) is 0 Å². The second-order valence-corrected chi connectivity index (χ2v) is 12.4. The fourth-order valence-electron chi connectivity index (χ4n) is 6.21. The Morgan fingerprint density at radius 1 is 0.525 bits per heavy atom. The molecule has 40 heavy (non-hydrogen) atoms. The predicted octanol–water partition coefficient (Wildman–Crippen LogP) is 8.99. The first-order chi connectivity index (χ1) is 19.5. The van der Waals surface area contributed by atoms with Crippen LogP contribution in [0.4, 0.5) is 0 Å². The van der Waals surface area contributed by atoms with E-state index in [0.717, 1.165) is 37.6 Å². The molecule has 0 N–H and O–H groups in total. The SMILES string of the molecule is CCCCCCCCCCOc1cc2c(cc1C)B(N(C)C)c1cc(C)c(OCCCCCCCCCC)cc1-2. The Balaban J connectivity index is 1.60. The van der Waals surface area contributed by atoms with Crippen molar-refractivity contribution in [3.63, 3.8) is 0 Å². The highest BCUT2D eigenvalue weighted by atomic mass is 16.5. The lowest BCUT2D eigenvalue weighted by Crippen LogP contribution is -2.50. The highest BCUT2D eigenvalue weighted by Crippen LogP contribution is 2.33. The van der Waals surface area contributed by atoms with Crippen molar-refractivity contribution >= 4 is 17.8 Å². The van der Waals surface area contributed by atoms with Crippen LogP contribution in [0.15, 0.2) is 24.3 Å². The van der Waals surface area contributed by atoms with E-state index in [0.29, 0.717) is 0 Å². The van der Waals surface area contributed by atoms with Gasteiger partial charge in [-0.3, -0.25) is 0 Å². The van der Waals surface area contributed by atoms with Gasteiger partial charge in [0.2, 0.25) is 0 Å². The molecule has 0 bridgehead atoms. The number of rotatable bonds is 21. The third kappa shape index (κ3) is 9.57. The number of hydrogen-bond acceptors (Lipinski definition) is 3. The molecule has 2 aromatic carbocycles.